The van der Waals surface area contributed by atoms with Crippen LogP contribution in [0.2, 0.25) is 0 Å². The summed E-state index contributed by atoms with van der Waals surface area (Å²) in [5, 5.41) is 3.40. The average Bonchev–Trinajstić information content (AvgIpc) is 3.31. The minimum atomic E-state index is -0.381. The Morgan fingerprint density at radius 1 is 1.10 bits per heavy atom. The van der Waals surface area contributed by atoms with E-state index in [2.05, 4.69) is 25.3 Å². The molecule has 1 N–H and O–H groups in total. The highest BCUT2D eigenvalue weighted by atomic mass is 16.2. The first-order valence-corrected chi connectivity index (χ1v) is 9.04. The van der Waals surface area contributed by atoms with Crippen LogP contribution < -0.4 is 5.32 Å². The van der Waals surface area contributed by atoms with Gasteiger partial charge in [0.1, 0.15) is 12.0 Å². The number of anilines is 1. The summed E-state index contributed by atoms with van der Waals surface area (Å²) in [4.78, 5) is 42.0. The van der Waals surface area contributed by atoms with Crippen molar-refractivity contribution in [2.24, 2.45) is 7.05 Å². The van der Waals surface area contributed by atoms with E-state index in [1.54, 1.807) is 42.5 Å². The molecule has 0 unspecified atom stereocenters. The lowest BCUT2D eigenvalue weighted by molar-refractivity contribution is 0.101. The fraction of sp³-hybridized carbons (Fsp3) is 0.200. The van der Waals surface area contributed by atoms with Gasteiger partial charge in [0.15, 0.2) is 11.6 Å². The van der Waals surface area contributed by atoms with E-state index in [-0.39, 0.29) is 23.6 Å². The molecule has 29 heavy (non-hydrogen) atoms. The summed E-state index contributed by atoms with van der Waals surface area (Å²) >= 11 is 0. The molecule has 0 bridgehead atoms. The standard InChI is InChI=1S/C20H19N7O2/c1-12(2)27-10-16(15-9-22-11-24-18(15)27)17(28)13-6-14(8-21-7-13)25-20(29)19-23-4-5-26(19)3/h4-12H,1-3H3,(H,25,29). The van der Waals surface area contributed by atoms with Crippen LogP contribution >= 0.6 is 0 Å². The number of hydrogen-bond acceptors (Lipinski definition) is 6. The second-order valence-corrected chi connectivity index (χ2v) is 6.91. The smallest absolute Gasteiger partial charge is 0.291 e. The third kappa shape index (κ3) is 3.38. The molecule has 0 fully saturated rings. The van der Waals surface area contributed by atoms with E-state index in [9.17, 15) is 9.59 Å². The highest BCUT2D eigenvalue weighted by Crippen LogP contribution is 2.25. The van der Waals surface area contributed by atoms with Crippen LogP contribution in [0.1, 0.15) is 46.4 Å². The molecule has 0 spiro atoms. The lowest BCUT2D eigenvalue weighted by atomic mass is 10.1. The average molecular weight is 389 g/mol. The van der Waals surface area contributed by atoms with Gasteiger partial charge < -0.3 is 14.5 Å². The van der Waals surface area contributed by atoms with Gasteiger partial charge in [-0.3, -0.25) is 14.6 Å². The lowest BCUT2D eigenvalue weighted by Gasteiger charge is -2.07. The molecule has 146 valence electrons. The maximum absolute atomic E-state index is 13.2. The van der Waals surface area contributed by atoms with E-state index in [1.165, 1.54) is 18.7 Å². The normalized spacial score (nSPS) is 11.2. The molecule has 0 radical (unpaired) electrons. The molecule has 4 rings (SSSR count). The van der Waals surface area contributed by atoms with Crippen molar-refractivity contribution in [1.82, 2.24) is 29.1 Å². The summed E-state index contributed by atoms with van der Waals surface area (Å²) in [5.74, 6) is -0.336. The Morgan fingerprint density at radius 2 is 1.93 bits per heavy atom. The number of rotatable bonds is 5. The van der Waals surface area contributed by atoms with Crippen molar-refractivity contribution < 1.29 is 9.59 Å². The zero-order valence-electron chi connectivity index (χ0n) is 16.2. The van der Waals surface area contributed by atoms with Gasteiger partial charge in [-0.25, -0.2) is 15.0 Å². The molecule has 0 aromatic carbocycles. The van der Waals surface area contributed by atoms with E-state index in [0.717, 1.165) is 0 Å². The Labute approximate surface area is 166 Å². The number of nitrogens with zero attached hydrogens (tertiary/aromatic N) is 6. The van der Waals surface area contributed by atoms with Gasteiger partial charge in [-0.1, -0.05) is 0 Å². The third-order valence-electron chi connectivity index (χ3n) is 4.58. The van der Waals surface area contributed by atoms with Crippen molar-refractivity contribution in [3.8, 4) is 0 Å². The highest BCUT2D eigenvalue weighted by Gasteiger charge is 2.20. The van der Waals surface area contributed by atoms with E-state index in [0.29, 0.717) is 27.8 Å². The summed E-state index contributed by atoms with van der Waals surface area (Å²) < 4.78 is 3.54. The Kier molecular flexibility index (Phi) is 4.63. The summed E-state index contributed by atoms with van der Waals surface area (Å²) in [6.45, 7) is 4.04. The lowest BCUT2D eigenvalue weighted by Crippen LogP contribution is -2.17. The molecule has 0 aliphatic heterocycles. The Hall–Kier alpha value is -3.88. The Bertz CT molecular complexity index is 1220. The molecule has 4 aromatic heterocycles. The number of aryl methyl sites for hydroxylation is 1. The van der Waals surface area contributed by atoms with Gasteiger partial charge in [0.05, 0.1) is 17.4 Å². The van der Waals surface area contributed by atoms with Crippen LogP contribution in [-0.2, 0) is 7.05 Å². The molecule has 0 aliphatic rings. The molecule has 4 aromatic rings. The van der Waals surface area contributed by atoms with Crippen molar-refractivity contribution in [2.45, 2.75) is 19.9 Å². The first-order chi connectivity index (χ1) is 14.0. The van der Waals surface area contributed by atoms with Gasteiger partial charge in [0.25, 0.3) is 5.91 Å². The van der Waals surface area contributed by atoms with Crippen molar-refractivity contribution in [1.29, 1.82) is 0 Å². The van der Waals surface area contributed by atoms with Crippen LogP contribution in [0.4, 0.5) is 5.69 Å². The van der Waals surface area contributed by atoms with Crippen LogP contribution in [-0.4, -0.2) is 40.8 Å². The van der Waals surface area contributed by atoms with Crippen LogP contribution in [0.15, 0.2) is 49.6 Å². The molecule has 4 heterocycles. The number of carbonyl (C=O) groups is 2. The molecule has 0 saturated carbocycles. The highest BCUT2D eigenvalue weighted by molar-refractivity contribution is 6.16. The number of aromatic nitrogens is 6. The van der Waals surface area contributed by atoms with E-state index >= 15 is 0 Å². The van der Waals surface area contributed by atoms with Crippen LogP contribution in [0.3, 0.4) is 0 Å². The number of imidazole rings is 1. The summed E-state index contributed by atoms with van der Waals surface area (Å²) in [6.07, 6.45) is 11.1. The first kappa shape index (κ1) is 18.5. The monoisotopic (exact) mass is 389 g/mol. The summed E-state index contributed by atoms with van der Waals surface area (Å²) in [7, 11) is 1.73. The fourth-order valence-corrected chi connectivity index (χ4v) is 3.12. The number of pyridine rings is 1. The van der Waals surface area contributed by atoms with Crippen LogP contribution in [0, 0.1) is 0 Å². The number of hydrogen-bond donors (Lipinski definition) is 1. The molecule has 9 nitrogen and oxygen atoms in total. The molecule has 0 aliphatic carbocycles. The maximum atomic E-state index is 13.2. The molecule has 1 amide bonds. The molecule has 9 heteroatoms. The molecule has 0 saturated heterocycles. The van der Waals surface area contributed by atoms with Crippen LogP contribution in [0.5, 0.6) is 0 Å². The van der Waals surface area contributed by atoms with E-state index in [1.807, 2.05) is 18.4 Å². The van der Waals surface area contributed by atoms with E-state index in [4.69, 9.17) is 0 Å². The molecular formula is C20H19N7O2. The van der Waals surface area contributed by atoms with Crippen molar-refractivity contribution in [2.75, 3.05) is 5.32 Å². The van der Waals surface area contributed by atoms with Crippen molar-refractivity contribution in [3.63, 3.8) is 0 Å². The fourth-order valence-electron chi connectivity index (χ4n) is 3.12. The second kappa shape index (κ2) is 7.27. The van der Waals surface area contributed by atoms with Gasteiger partial charge >= 0.3 is 0 Å². The Balaban J connectivity index is 1.67. The van der Waals surface area contributed by atoms with Gasteiger partial charge in [0.2, 0.25) is 0 Å². The largest absolute Gasteiger partial charge is 0.330 e. The zero-order chi connectivity index (χ0) is 20.5. The zero-order valence-corrected chi connectivity index (χ0v) is 16.2. The van der Waals surface area contributed by atoms with Gasteiger partial charge in [0, 0.05) is 55.0 Å². The summed E-state index contributed by atoms with van der Waals surface area (Å²) in [6, 6.07) is 1.73. The molecular weight excluding hydrogens is 370 g/mol. The number of nitrogens with one attached hydrogen (secondary N) is 1. The predicted molar refractivity (Wildman–Crippen MR) is 107 cm³/mol. The van der Waals surface area contributed by atoms with Crippen LogP contribution in [0.25, 0.3) is 11.0 Å². The third-order valence-corrected chi connectivity index (χ3v) is 4.58. The second-order valence-electron chi connectivity index (χ2n) is 6.91. The SMILES string of the molecule is CC(C)n1cc(C(=O)c2cncc(NC(=O)c3nccn3C)c2)c2cncnc21. The van der Waals surface area contributed by atoms with Gasteiger partial charge in [-0.2, -0.15) is 0 Å². The first-order valence-electron chi connectivity index (χ1n) is 9.04. The minimum Gasteiger partial charge on any atom is -0.330 e. The number of ketones is 1. The quantitative estimate of drug-likeness (QED) is 0.526. The van der Waals surface area contributed by atoms with Gasteiger partial charge in [-0.05, 0) is 19.9 Å². The molecule has 0 atom stereocenters. The van der Waals surface area contributed by atoms with E-state index < -0.39 is 0 Å². The number of fused-ring (bicyclic) bond motifs is 1. The van der Waals surface area contributed by atoms with Crippen molar-refractivity contribution in [3.05, 3.63) is 66.5 Å². The number of amides is 1. The maximum Gasteiger partial charge on any atom is 0.291 e. The predicted octanol–water partition coefficient (Wildman–Crippen LogP) is 2.62. The number of carbonyl (C=O) groups excluding carboxylic acids is 2. The topological polar surface area (TPSA) is 108 Å². The van der Waals surface area contributed by atoms with Gasteiger partial charge in [-0.15, -0.1) is 0 Å². The minimum absolute atomic E-state index is 0.135. The Morgan fingerprint density at radius 3 is 2.66 bits per heavy atom. The summed E-state index contributed by atoms with van der Waals surface area (Å²) in [5.41, 5.74) is 1.95. The van der Waals surface area contributed by atoms with Crippen molar-refractivity contribution >= 4 is 28.4 Å².